The van der Waals surface area contributed by atoms with Crippen molar-refractivity contribution in [3.8, 4) is 0 Å². The van der Waals surface area contributed by atoms with Crippen LogP contribution in [0.15, 0.2) is 55.0 Å². The van der Waals surface area contributed by atoms with E-state index in [9.17, 15) is 5.11 Å². The number of fused-ring (bicyclic) bond motifs is 1. The van der Waals surface area contributed by atoms with E-state index < -0.39 is 6.10 Å². The first-order chi connectivity index (χ1) is 9.24. The van der Waals surface area contributed by atoms with Gasteiger partial charge in [0.2, 0.25) is 0 Å². The second-order valence-electron chi connectivity index (χ2n) is 4.65. The molecule has 0 saturated carbocycles. The van der Waals surface area contributed by atoms with Crippen LogP contribution in [0.5, 0.6) is 0 Å². The summed E-state index contributed by atoms with van der Waals surface area (Å²) in [6.07, 6.45) is 4.56. The normalized spacial score (nSPS) is 12.5. The molecule has 1 aromatic carbocycles. The minimum absolute atomic E-state index is 0.668. The Balaban J connectivity index is 2.04. The van der Waals surface area contributed by atoms with Crippen LogP contribution in [0.3, 0.4) is 0 Å². The third-order valence-electron chi connectivity index (χ3n) is 3.16. The van der Waals surface area contributed by atoms with E-state index in [1.54, 1.807) is 18.6 Å². The van der Waals surface area contributed by atoms with Crippen LogP contribution in [-0.4, -0.2) is 15.1 Å². The average Bonchev–Trinajstić information content (AvgIpc) is 2.46. The number of nitrogens with zero attached hydrogens (tertiary/aromatic N) is 2. The van der Waals surface area contributed by atoms with Gasteiger partial charge in [-0.2, -0.15) is 0 Å². The second kappa shape index (κ2) is 4.78. The molecule has 0 spiro atoms. The maximum Gasteiger partial charge on any atom is 0.106 e. The molecule has 0 amide bonds. The molecule has 0 bridgehead atoms. The quantitative estimate of drug-likeness (QED) is 0.760. The highest BCUT2D eigenvalue weighted by Gasteiger charge is 2.11. The van der Waals surface area contributed by atoms with Crippen molar-refractivity contribution in [2.24, 2.45) is 0 Å². The lowest BCUT2D eigenvalue weighted by molar-refractivity contribution is 0.220. The van der Waals surface area contributed by atoms with Crippen molar-refractivity contribution in [2.45, 2.75) is 13.0 Å². The fourth-order valence-electron chi connectivity index (χ4n) is 2.17. The SMILES string of the molecule is Cc1cncc(C(O)c2ccc3cccnc3c2)c1. The van der Waals surface area contributed by atoms with Gasteiger partial charge in [0.1, 0.15) is 6.10 Å². The predicted octanol–water partition coefficient (Wildman–Crippen LogP) is 3.02. The first-order valence-electron chi connectivity index (χ1n) is 6.18. The number of aryl methyl sites for hydroxylation is 1. The summed E-state index contributed by atoms with van der Waals surface area (Å²) >= 11 is 0. The van der Waals surface area contributed by atoms with E-state index in [4.69, 9.17) is 0 Å². The van der Waals surface area contributed by atoms with Crippen LogP contribution in [0.2, 0.25) is 0 Å². The number of rotatable bonds is 2. The van der Waals surface area contributed by atoms with E-state index in [-0.39, 0.29) is 0 Å². The van der Waals surface area contributed by atoms with Crippen LogP contribution in [-0.2, 0) is 0 Å². The molecule has 3 rings (SSSR count). The molecule has 2 aromatic heterocycles. The van der Waals surface area contributed by atoms with Gasteiger partial charge in [0.15, 0.2) is 0 Å². The number of aliphatic hydroxyl groups is 1. The number of hydrogen-bond acceptors (Lipinski definition) is 3. The van der Waals surface area contributed by atoms with Gasteiger partial charge in [-0.15, -0.1) is 0 Å². The minimum Gasteiger partial charge on any atom is -0.384 e. The van der Waals surface area contributed by atoms with Crippen LogP contribution >= 0.6 is 0 Å². The molecule has 0 radical (unpaired) electrons. The lowest BCUT2D eigenvalue weighted by Gasteiger charge is -2.12. The maximum absolute atomic E-state index is 10.4. The zero-order chi connectivity index (χ0) is 13.2. The van der Waals surface area contributed by atoms with E-state index in [0.717, 1.165) is 27.6 Å². The summed E-state index contributed by atoms with van der Waals surface area (Å²) in [4.78, 5) is 8.43. The van der Waals surface area contributed by atoms with Crippen LogP contribution in [0.1, 0.15) is 22.8 Å². The lowest BCUT2D eigenvalue weighted by atomic mass is 10.0. The molecule has 0 fully saturated rings. The van der Waals surface area contributed by atoms with Crippen LogP contribution in [0.4, 0.5) is 0 Å². The summed E-state index contributed by atoms with van der Waals surface area (Å²) in [5.74, 6) is 0. The van der Waals surface area contributed by atoms with Crippen molar-refractivity contribution in [3.63, 3.8) is 0 Å². The Kier molecular flexibility index (Phi) is 2.97. The average molecular weight is 250 g/mol. The Hall–Kier alpha value is -2.26. The molecular weight excluding hydrogens is 236 g/mol. The summed E-state index contributed by atoms with van der Waals surface area (Å²) in [6.45, 7) is 1.96. The molecule has 1 N–H and O–H groups in total. The molecule has 1 atom stereocenters. The number of hydrogen-bond donors (Lipinski definition) is 1. The summed E-state index contributed by atoms with van der Waals surface area (Å²) < 4.78 is 0. The Morgan fingerprint density at radius 3 is 2.79 bits per heavy atom. The standard InChI is InChI=1S/C16H14N2O/c1-11-7-14(10-17-9-11)16(19)13-5-4-12-3-2-6-18-15(12)8-13/h2-10,16,19H,1H3. The monoisotopic (exact) mass is 250 g/mol. The fourth-order valence-corrected chi connectivity index (χ4v) is 2.17. The van der Waals surface area contributed by atoms with Crippen molar-refractivity contribution in [1.82, 2.24) is 9.97 Å². The van der Waals surface area contributed by atoms with E-state index in [0.29, 0.717) is 0 Å². The molecule has 1 unspecified atom stereocenters. The summed E-state index contributed by atoms with van der Waals surface area (Å²) in [5.41, 5.74) is 3.56. The van der Waals surface area contributed by atoms with Crippen LogP contribution in [0.25, 0.3) is 10.9 Å². The molecule has 0 saturated heterocycles. The van der Waals surface area contributed by atoms with Crippen molar-refractivity contribution in [2.75, 3.05) is 0 Å². The topological polar surface area (TPSA) is 46.0 Å². The molecule has 0 aliphatic heterocycles. The van der Waals surface area contributed by atoms with Crippen molar-refractivity contribution < 1.29 is 5.11 Å². The van der Waals surface area contributed by atoms with E-state index in [1.165, 1.54) is 0 Å². The van der Waals surface area contributed by atoms with Gasteiger partial charge in [-0.05, 0) is 30.2 Å². The minimum atomic E-state index is -0.668. The highest BCUT2D eigenvalue weighted by atomic mass is 16.3. The zero-order valence-corrected chi connectivity index (χ0v) is 10.6. The Bertz CT molecular complexity index is 725. The van der Waals surface area contributed by atoms with Gasteiger partial charge in [0.25, 0.3) is 0 Å². The highest BCUT2D eigenvalue weighted by Crippen LogP contribution is 2.24. The van der Waals surface area contributed by atoms with Gasteiger partial charge in [0, 0.05) is 29.5 Å². The van der Waals surface area contributed by atoms with Crippen LogP contribution < -0.4 is 0 Å². The molecule has 94 valence electrons. The third-order valence-corrected chi connectivity index (χ3v) is 3.16. The molecule has 3 aromatic rings. The number of pyridine rings is 2. The highest BCUT2D eigenvalue weighted by molar-refractivity contribution is 5.79. The first-order valence-corrected chi connectivity index (χ1v) is 6.18. The molecule has 0 aliphatic rings. The molecule has 2 heterocycles. The number of benzene rings is 1. The zero-order valence-electron chi connectivity index (χ0n) is 10.6. The Morgan fingerprint density at radius 2 is 1.95 bits per heavy atom. The van der Waals surface area contributed by atoms with Gasteiger partial charge < -0.3 is 5.11 Å². The van der Waals surface area contributed by atoms with Crippen molar-refractivity contribution in [3.05, 3.63) is 71.7 Å². The van der Waals surface area contributed by atoms with Gasteiger partial charge in [-0.3, -0.25) is 9.97 Å². The van der Waals surface area contributed by atoms with Gasteiger partial charge in [0.05, 0.1) is 5.52 Å². The van der Waals surface area contributed by atoms with Crippen molar-refractivity contribution in [1.29, 1.82) is 0 Å². The largest absolute Gasteiger partial charge is 0.384 e. The molecule has 3 heteroatoms. The van der Waals surface area contributed by atoms with Gasteiger partial charge in [-0.1, -0.05) is 24.3 Å². The van der Waals surface area contributed by atoms with E-state index in [1.807, 2.05) is 43.3 Å². The molecule has 19 heavy (non-hydrogen) atoms. The second-order valence-corrected chi connectivity index (χ2v) is 4.65. The summed E-state index contributed by atoms with van der Waals surface area (Å²) in [5, 5.41) is 11.5. The van der Waals surface area contributed by atoms with E-state index >= 15 is 0 Å². The Labute approximate surface area is 111 Å². The molecule has 0 aliphatic carbocycles. The Morgan fingerprint density at radius 1 is 1.05 bits per heavy atom. The molecular formula is C16H14N2O. The fraction of sp³-hybridized carbons (Fsp3) is 0.125. The predicted molar refractivity (Wildman–Crippen MR) is 74.8 cm³/mol. The van der Waals surface area contributed by atoms with Crippen LogP contribution in [0, 0.1) is 6.92 Å². The van der Waals surface area contributed by atoms with E-state index in [2.05, 4.69) is 9.97 Å². The maximum atomic E-state index is 10.4. The van der Waals surface area contributed by atoms with Gasteiger partial charge in [-0.25, -0.2) is 0 Å². The molecule has 3 nitrogen and oxygen atoms in total. The number of aromatic nitrogens is 2. The smallest absolute Gasteiger partial charge is 0.106 e. The third kappa shape index (κ3) is 2.33. The summed E-state index contributed by atoms with van der Waals surface area (Å²) in [6, 6.07) is 11.7. The first kappa shape index (κ1) is 11.8. The van der Waals surface area contributed by atoms with Crippen molar-refractivity contribution >= 4 is 10.9 Å². The van der Waals surface area contributed by atoms with Gasteiger partial charge >= 0.3 is 0 Å². The summed E-state index contributed by atoms with van der Waals surface area (Å²) in [7, 11) is 0. The lowest BCUT2D eigenvalue weighted by Crippen LogP contribution is -2.00. The number of aliphatic hydroxyl groups excluding tert-OH is 1.